The summed E-state index contributed by atoms with van der Waals surface area (Å²) in [6.07, 6.45) is 1.15. The second-order valence-electron chi connectivity index (χ2n) is 5.15. The fourth-order valence-electron chi connectivity index (χ4n) is 2.46. The van der Waals surface area contributed by atoms with Crippen LogP contribution in [0.2, 0.25) is 0 Å². The first-order valence-electron chi connectivity index (χ1n) is 6.48. The van der Waals surface area contributed by atoms with Gasteiger partial charge in [0.05, 0.1) is 0 Å². The van der Waals surface area contributed by atoms with Crippen LogP contribution in [0.15, 0.2) is 40.9 Å². The molecule has 0 aromatic heterocycles. The molecule has 2 rings (SSSR count). The van der Waals surface area contributed by atoms with Gasteiger partial charge in [0.1, 0.15) is 0 Å². The van der Waals surface area contributed by atoms with Gasteiger partial charge in [-0.3, -0.25) is 0 Å². The van der Waals surface area contributed by atoms with Gasteiger partial charge in [0.15, 0.2) is 0 Å². The number of halogens is 1. The molecular formula is C16H20BrN. The SMILES string of the molecule is CNC(CC(C)C)c1ccc(Br)c2ccccc12. The van der Waals surface area contributed by atoms with Crippen molar-refractivity contribution in [2.24, 2.45) is 5.92 Å². The first kappa shape index (κ1) is 13.6. The third-order valence-corrected chi connectivity index (χ3v) is 4.03. The van der Waals surface area contributed by atoms with E-state index in [0.717, 1.165) is 6.42 Å². The van der Waals surface area contributed by atoms with Crippen LogP contribution in [0.25, 0.3) is 10.8 Å². The zero-order chi connectivity index (χ0) is 13.1. The molecule has 1 N–H and O–H groups in total. The predicted molar refractivity (Wildman–Crippen MR) is 82.9 cm³/mol. The first-order chi connectivity index (χ1) is 8.63. The molecule has 0 amide bonds. The van der Waals surface area contributed by atoms with Gasteiger partial charge in [-0.2, -0.15) is 0 Å². The Kier molecular flexibility index (Phi) is 4.41. The van der Waals surface area contributed by atoms with Gasteiger partial charge in [-0.1, -0.05) is 60.1 Å². The summed E-state index contributed by atoms with van der Waals surface area (Å²) >= 11 is 3.63. The van der Waals surface area contributed by atoms with Crippen LogP contribution < -0.4 is 5.32 Å². The molecule has 0 fully saturated rings. The van der Waals surface area contributed by atoms with Crippen LogP contribution in [0.4, 0.5) is 0 Å². The molecule has 0 bridgehead atoms. The Hall–Kier alpha value is -0.860. The van der Waals surface area contributed by atoms with Crippen LogP contribution >= 0.6 is 15.9 Å². The highest BCUT2D eigenvalue weighted by atomic mass is 79.9. The van der Waals surface area contributed by atoms with Crippen molar-refractivity contribution >= 4 is 26.7 Å². The molecule has 0 heterocycles. The van der Waals surface area contributed by atoms with Gasteiger partial charge in [0.25, 0.3) is 0 Å². The summed E-state index contributed by atoms with van der Waals surface area (Å²) < 4.78 is 1.17. The third-order valence-electron chi connectivity index (χ3n) is 3.34. The Morgan fingerprint density at radius 1 is 1.06 bits per heavy atom. The zero-order valence-electron chi connectivity index (χ0n) is 11.2. The van der Waals surface area contributed by atoms with E-state index in [1.807, 2.05) is 7.05 Å². The maximum atomic E-state index is 3.63. The lowest BCUT2D eigenvalue weighted by atomic mass is 9.93. The minimum absolute atomic E-state index is 0.419. The van der Waals surface area contributed by atoms with E-state index in [1.165, 1.54) is 20.8 Å². The van der Waals surface area contributed by atoms with Crippen molar-refractivity contribution in [1.82, 2.24) is 5.32 Å². The van der Waals surface area contributed by atoms with Gasteiger partial charge in [-0.25, -0.2) is 0 Å². The van der Waals surface area contributed by atoms with E-state index in [0.29, 0.717) is 12.0 Å². The van der Waals surface area contributed by atoms with Gasteiger partial charge < -0.3 is 5.32 Å². The lowest BCUT2D eigenvalue weighted by Crippen LogP contribution is -2.18. The van der Waals surface area contributed by atoms with Crippen molar-refractivity contribution in [3.05, 3.63) is 46.4 Å². The largest absolute Gasteiger partial charge is 0.313 e. The summed E-state index contributed by atoms with van der Waals surface area (Å²) in [4.78, 5) is 0. The smallest absolute Gasteiger partial charge is 0.0326 e. The van der Waals surface area contributed by atoms with Gasteiger partial charge >= 0.3 is 0 Å². The van der Waals surface area contributed by atoms with E-state index >= 15 is 0 Å². The molecule has 0 aliphatic carbocycles. The van der Waals surface area contributed by atoms with E-state index in [2.05, 4.69) is 71.5 Å². The lowest BCUT2D eigenvalue weighted by Gasteiger charge is -2.21. The van der Waals surface area contributed by atoms with Crippen LogP contribution in [0, 0.1) is 5.92 Å². The lowest BCUT2D eigenvalue weighted by molar-refractivity contribution is 0.459. The molecule has 0 radical (unpaired) electrons. The van der Waals surface area contributed by atoms with Gasteiger partial charge in [-0.05, 0) is 41.8 Å². The topological polar surface area (TPSA) is 12.0 Å². The van der Waals surface area contributed by atoms with Crippen LogP contribution in [0.1, 0.15) is 31.9 Å². The van der Waals surface area contributed by atoms with Crippen LogP contribution in [0.5, 0.6) is 0 Å². The predicted octanol–water partition coefficient (Wildman–Crippen LogP) is 4.91. The number of fused-ring (bicyclic) bond motifs is 1. The Morgan fingerprint density at radius 3 is 2.33 bits per heavy atom. The number of benzene rings is 2. The average Bonchev–Trinajstić information content (AvgIpc) is 2.37. The molecule has 1 nitrogen and oxygen atoms in total. The first-order valence-corrected chi connectivity index (χ1v) is 7.27. The fourth-order valence-corrected chi connectivity index (χ4v) is 2.94. The highest BCUT2D eigenvalue weighted by Gasteiger charge is 2.14. The van der Waals surface area contributed by atoms with Crippen molar-refractivity contribution in [3.8, 4) is 0 Å². The highest BCUT2D eigenvalue weighted by molar-refractivity contribution is 9.10. The molecular weight excluding hydrogens is 286 g/mol. The third kappa shape index (κ3) is 2.76. The average molecular weight is 306 g/mol. The van der Waals surface area contributed by atoms with Crippen molar-refractivity contribution in [2.45, 2.75) is 26.3 Å². The monoisotopic (exact) mass is 305 g/mol. The fraction of sp³-hybridized carbons (Fsp3) is 0.375. The number of rotatable bonds is 4. The molecule has 1 unspecified atom stereocenters. The number of hydrogen-bond donors (Lipinski definition) is 1. The van der Waals surface area contributed by atoms with Crippen LogP contribution in [-0.2, 0) is 0 Å². The zero-order valence-corrected chi connectivity index (χ0v) is 12.8. The van der Waals surface area contributed by atoms with E-state index in [-0.39, 0.29) is 0 Å². The molecule has 96 valence electrons. The standard InChI is InChI=1S/C16H20BrN/c1-11(2)10-16(18-3)14-8-9-15(17)13-7-5-4-6-12(13)14/h4-9,11,16,18H,10H2,1-3H3. The summed E-state index contributed by atoms with van der Waals surface area (Å²) in [5.74, 6) is 0.685. The summed E-state index contributed by atoms with van der Waals surface area (Å²) in [5, 5.41) is 6.08. The Balaban J connectivity index is 2.53. The second kappa shape index (κ2) is 5.85. The van der Waals surface area contributed by atoms with Gasteiger partial charge in [-0.15, -0.1) is 0 Å². The van der Waals surface area contributed by atoms with Crippen LogP contribution in [0.3, 0.4) is 0 Å². The molecule has 0 aliphatic rings. The molecule has 0 saturated carbocycles. The summed E-state index contributed by atoms with van der Waals surface area (Å²) in [5.41, 5.74) is 1.39. The molecule has 2 aromatic rings. The van der Waals surface area contributed by atoms with E-state index < -0.39 is 0 Å². The molecule has 0 saturated heterocycles. The Labute approximate surface area is 118 Å². The maximum absolute atomic E-state index is 3.63. The molecule has 1 atom stereocenters. The molecule has 18 heavy (non-hydrogen) atoms. The van der Waals surface area contributed by atoms with Crippen molar-refractivity contribution < 1.29 is 0 Å². The van der Waals surface area contributed by atoms with Crippen molar-refractivity contribution in [1.29, 1.82) is 0 Å². The molecule has 2 heteroatoms. The Morgan fingerprint density at radius 2 is 1.72 bits per heavy atom. The van der Waals surface area contributed by atoms with Crippen molar-refractivity contribution in [3.63, 3.8) is 0 Å². The Bertz CT molecular complexity index is 534. The number of nitrogens with one attached hydrogen (secondary N) is 1. The summed E-state index contributed by atoms with van der Waals surface area (Å²) in [7, 11) is 2.05. The normalized spacial score (nSPS) is 13.2. The minimum Gasteiger partial charge on any atom is -0.313 e. The van der Waals surface area contributed by atoms with E-state index in [4.69, 9.17) is 0 Å². The summed E-state index contributed by atoms with van der Waals surface area (Å²) in [6, 6.07) is 13.4. The minimum atomic E-state index is 0.419. The van der Waals surface area contributed by atoms with Gasteiger partial charge in [0, 0.05) is 10.5 Å². The number of hydrogen-bond acceptors (Lipinski definition) is 1. The summed E-state index contributed by atoms with van der Waals surface area (Å²) in [6.45, 7) is 4.54. The molecule has 0 spiro atoms. The highest BCUT2D eigenvalue weighted by Crippen LogP contribution is 2.32. The molecule has 0 aliphatic heterocycles. The van der Waals surface area contributed by atoms with Crippen molar-refractivity contribution in [2.75, 3.05) is 7.05 Å². The maximum Gasteiger partial charge on any atom is 0.0326 e. The van der Waals surface area contributed by atoms with Gasteiger partial charge in [0.2, 0.25) is 0 Å². The quantitative estimate of drug-likeness (QED) is 0.846. The van der Waals surface area contributed by atoms with Crippen LogP contribution in [-0.4, -0.2) is 7.05 Å². The molecule has 2 aromatic carbocycles. The second-order valence-corrected chi connectivity index (χ2v) is 6.01. The van der Waals surface area contributed by atoms with E-state index in [1.54, 1.807) is 0 Å². The van der Waals surface area contributed by atoms with E-state index in [9.17, 15) is 0 Å².